The van der Waals surface area contributed by atoms with E-state index < -0.39 is 29.3 Å². The summed E-state index contributed by atoms with van der Waals surface area (Å²) >= 11 is 8.59. The summed E-state index contributed by atoms with van der Waals surface area (Å²) in [6.45, 7) is 6.89. The third kappa shape index (κ3) is 7.49. The molecule has 5 rings (SSSR count). The molecule has 1 fully saturated rings. The van der Waals surface area contributed by atoms with Crippen LogP contribution in [0.2, 0.25) is 5.02 Å². The lowest BCUT2D eigenvalue weighted by atomic mass is 9.95. The number of hydrogen-bond acceptors (Lipinski definition) is 9. The Morgan fingerprint density at radius 1 is 1.04 bits per heavy atom. The topological polar surface area (TPSA) is 102 Å². The number of anilines is 1. The molecule has 1 aromatic heterocycles. The highest BCUT2D eigenvalue weighted by Crippen LogP contribution is 2.45. The van der Waals surface area contributed by atoms with Crippen molar-refractivity contribution in [3.05, 3.63) is 99.8 Å². The summed E-state index contributed by atoms with van der Waals surface area (Å²) < 4.78 is 26.2. The first-order chi connectivity index (χ1) is 21.7. The summed E-state index contributed by atoms with van der Waals surface area (Å²) in [5.41, 5.74) is 1.55. The Morgan fingerprint density at radius 3 is 2.47 bits per heavy atom. The number of amides is 1. The first-order valence-electron chi connectivity index (χ1n) is 14.3. The molecule has 1 atom stereocenters. The van der Waals surface area contributed by atoms with Crippen LogP contribution in [0.15, 0.2) is 76.6 Å². The minimum Gasteiger partial charge on any atom is -0.507 e. The van der Waals surface area contributed by atoms with Crippen molar-refractivity contribution in [2.75, 3.05) is 18.1 Å². The first kappa shape index (κ1) is 32.5. The molecule has 8 nitrogen and oxygen atoms in total. The molecule has 0 saturated carbocycles. The largest absolute Gasteiger partial charge is 0.507 e. The smallest absolute Gasteiger partial charge is 0.301 e. The van der Waals surface area contributed by atoms with E-state index in [0.717, 1.165) is 23.3 Å². The number of rotatable bonds is 12. The van der Waals surface area contributed by atoms with Crippen molar-refractivity contribution in [2.24, 2.45) is 5.92 Å². The van der Waals surface area contributed by atoms with Crippen LogP contribution in [0.25, 0.3) is 5.76 Å². The fraction of sp³-hybridized carbons (Fsp3) is 0.273. The second-order valence-corrected chi connectivity index (χ2v) is 13.2. The fourth-order valence-electron chi connectivity index (χ4n) is 4.68. The van der Waals surface area contributed by atoms with Crippen LogP contribution in [0.3, 0.4) is 0 Å². The molecule has 1 aliphatic rings. The summed E-state index contributed by atoms with van der Waals surface area (Å²) in [5, 5.41) is 20.7. The normalized spacial score (nSPS) is 16.0. The second-order valence-electron chi connectivity index (χ2n) is 10.6. The first-order valence-corrected chi connectivity index (χ1v) is 16.5. The summed E-state index contributed by atoms with van der Waals surface area (Å²) in [6.07, 6.45) is 0.848. The van der Waals surface area contributed by atoms with Crippen molar-refractivity contribution in [3.8, 4) is 11.5 Å². The van der Waals surface area contributed by atoms with E-state index in [2.05, 4.69) is 24.0 Å². The van der Waals surface area contributed by atoms with Crippen molar-refractivity contribution in [1.29, 1.82) is 0 Å². The number of aliphatic hydroxyl groups is 1. The van der Waals surface area contributed by atoms with Crippen LogP contribution in [-0.4, -0.2) is 40.2 Å². The van der Waals surface area contributed by atoms with E-state index in [1.807, 2.05) is 19.1 Å². The maximum Gasteiger partial charge on any atom is 0.301 e. The molecule has 0 bridgehead atoms. The molecule has 0 radical (unpaired) electrons. The zero-order valence-corrected chi connectivity index (χ0v) is 27.2. The lowest BCUT2D eigenvalue weighted by Crippen LogP contribution is -2.29. The number of thioether (sulfide) groups is 1. The van der Waals surface area contributed by atoms with E-state index in [-0.39, 0.29) is 16.3 Å². The van der Waals surface area contributed by atoms with Crippen LogP contribution in [0.4, 0.5) is 9.52 Å². The molecule has 0 spiro atoms. The quantitative estimate of drug-likeness (QED) is 0.0532. The summed E-state index contributed by atoms with van der Waals surface area (Å²) in [7, 11) is 0. The minimum atomic E-state index is -1.07. The van der Waals surface area contributed by atoms with Gasteiger partial charge in [0.15, 0.2) is 15.8 Å². The summed E-state index contributed by atoms with van der Waals surface area (Å²) in [4.78, 5) is 28.5. The predicted molar refractivity (Wildman–Crippen MR) is 175 cm³/mol. The molecule has 12 heteroatoms. The van der Waals surface area contributed by atoms with Crippen LogP contribution in [0.1, 0.15) is 49.9 Å². The fourth-order valence-corrected chi connectivity index (χ4v) is 6.63. The third-order valence-corrected chi connectivity index (χ3v) is 9.35. The molecular weight excluding hydrogens is 637 g/mol. The highest BCUT2D eigenvalue weighted by molar-refractivity contribution is 8.00. The number of carbonyl (C=O) groups excluding carboxylic acids is 2. The van der Waals surface area contributed by atoms with Crippen LogP contribution in [-0.2, 0) is 15.3 Å². The zero-order valence-electron chi connectivity index (χ0n) is 24.8. The standard InChI is InChI=1S/C33H31ClFN3O5S2/c1-4-42-26-17-22(9-14-25(26)43-16-15-19(2)3)28-27(29(39)21-7-12-24(35)13-8-21)30(40)31(41)38(28)32-36-37-33(45-32)44-18-20-5-10-23(34)11-6-20/h5-14,17,19,28,39H,4,15-16,18H2,1-3H3. The lowest BCUT2D eigenvalue weighted by molar-refractivity contribution is -0.132. The molecule has 2 heterocycles. The van der Waals surface area contributed by atoms with Crippen LogP contribution < -0.4 is 14.4 Å². The number of carbonyl (C=O) groups is 2. The zero-order chi connectivity index (χ0) is 32.1. The maximum absolute atomic E-state index is 13.7. The molecule has 1 saturated heterocycles. The Bertz CT molecular complexity index is 1710. The Hall–Kier alpha value is -3.93. The number of benzene rings is 3. The molecule has 3 aromatic carbocycles. The molecule has 0 aliphatic carbocycles. The van der Waals surface area contributed by atoms with Crippen LogP contribution in [0.5, 0.6) is 11.5 Å². The van der Waals surface area contributed by atoms with E-state index in [1.54, 1.807) is 30.3 Å². The number of ketones is 1. The average molecular weight is 668 g/mol. The van der Waals surface area contributed by atoms with Gasteiger partial charge in [0, 0.05) is 16.3 Å². The lowest BCUT2D eigenvalue weighted by Gasteiger charge is -2.23. The van der Waals surface area contributed by atoms with Crippen molar-refractivity contribution < 1.29 is 28.6 Å². The average Bonchev–Trinajstić information content (AvgIpc) is 3.59. The molecule has 1 N–H and O–H groups in total. The minimum absolute atomic E-state index is 0.159. The van der Waals surface area contributed by atoms with Gasteiger partial charge in [0.1, 0.15) is 11.6 Å². The molecule has 1 unspecified atom stereocenters. The molecule has 1 aliphatic heterocycles. The Kier molecular flexibility index (Phi) is 10.4. The van der Waals surface area contributed by atoms with Crippen molar-refractivity contribution >= 4 is 57.3 Å². The number of halogens is 2. The van der Waals surface area contributed by atoms with Gasteiger partial charge in [0.2, 0.25) is 5.13 Å². The molecule has 234 valence electrons. The van der Waals surface area contributed by atoms with Crippen molar-refractivity contribution in [1.82, 2.24) is 10.2 Å². The SMILES string of the molecule is CCOc1cc(C2C(=C(O)c3ccc(F)cc3)C(=O)C(=O)N2c2nnc(SCc3ccc(Cl)cc3)s2)ccc1OCCC(C)C. The van der Waals surface area contributed by atoms with Crippen molar-refractivity contribution in [3.63, 3.8) is 0 Å². The van der Waals surface area contributed by atoms with Gasteiger partial charge < -0.3 is 14.6 Å². The highest BCUT2D eigenvalue weighted by Gasteiger charge is 2.48. The Labute approximate surface area is 273 Å². The Morgan fingerprint density at radius 2 is 1.78 bits per heavy atom. The van der Waals surface area contributed by atoms with Gasteiger partial charge in [0.25, 0.3) is 5.78 Å². The molecule has 4 aromatic rings. The van der Waals surface area contributed by atoms with Gasteiger partial charge >= 0.3 is 5.91 Å². The van der Waals surface area contributed by atoms with Gasteiger partial charge in [-0.05, 0) is 78.9 Å². The van der Waals surface area contributed by atoms with E-state index in [1.165, 1.54) is 40.9 Å². The predicted octanol–water partition coefficient (Wildman–Crippen LogP) is 8.07. The van der Waals surface area contributed by atoms with Gasteiger partial charge in [-0.15, -0.1) is 10.2 Å². The third-order valence-electron chi connectivity index (χ3n) is 6.98. The summed E-state index contributed by atoms with van der Waals surface area (Å²) in [6, 6.07) is 16.6. The van der Waals surface area contributed by atoms with E-state index in [0.29, 0.717) is 51.3 Å². The van der Waals surface area contributed by atoms with Crippen LogP contribution in [0, 0.1) is 11.7 Å². The Balaban J connectivity index is 1.55. The number of ether oxygens (including phenoxy) is 2. The van der Waals surface area contributed by atoms with Gasteiger partial charge in [-0.3, -0.25) is 14.5 Å². The van der Waals surface area contributed by atoms with Crippen molar-refractivity contribution in [2.45, 2.75) is 43.3 Å². The highest BCUT2D eigenvalue weighted by atomic mass is 35.5. The van der Waals surface area contributed by atoms with Gasteiger partial charge in [-0.1, -0.05) is 66.7 Å². The summed E-state index contributed by atoms with van der Waals surface area (Å²) in [5.74, 6) is -0.710. The molecular formula is C33H31ClFN3O5S2. The van der Waals surface area contributed by atoms with Gasteiger partial charge in [0.05, 0.1) is 24.8 Å². The molecule has 45 heavy (non-hydrogen) atoms. The monoisotopic (exact) mass is 667 g/mol. The number of hydrogen-bond donors (Lipinski definition) is 1. The van der Waals surface area contributed by atoms with E-state index in [9.17, 15) is 19.1 Å². The molecule has 1 amide bonds. The van der Waals surface area contributed by atoms with Gasteiger partial charge in [-0.2, -0.15) is 0 Å². The maximum atomic E-state index is 13.7. The van der Waals surface area contributed by atoms with Gasteiger partial charge in [-0.25, -0.2) is 4.39 Å². The number of aromatic nitrogens is 2. The number of aliphatic hydroxyl groups excluding tert-OH is 1. The van der Waals surface area contributed by atoms with Crippen LogP contribution >= 0.6 is 34.7 Å². The second kappa shape index (κ2) is 14.4. The van der Waals surface area contributed by atoms with E-state index in [4.69, 9.17) is 21.1 Å². The number of nitrogens with zero attached hydrogens (tertiary/aromatic N) is 3. The van der Waals surface area contributed by atoms with E-state index >= 15 is 0 Å². The number of Topliss-reactive ketones (excluding diaryl/α,β-unsaturated/α-hetero) is 1.